The molecule has 1 N–H and O–H groups in total. The zero-order valence-electron chi connectivity index (χ0n) is 10.3. The molecule has 0 aliphatic heterocycles. The number of thiophene rings is 1. The van der Waals surface area contributed by atoms with Crippen LogP contribution in [0.1, 0.15) is 41.7 Å². The number of aryl methyl sites for hydroxylation is 1. The summed E-state index contributed by atoms with van der Waals surface area (Å²) in [5.41, 5.74) is 1.59. The zero-order valence-corrected chi connectivity index (χ0v) is 11.1. The molecule has 0 unspecified atom stereocenters. The Morgan fingerprint density at radius 2 is 2.05 bits per heavy atom. The van der Waals surface area contributed by atoms with Gasteiger partial charge < -0.3 is 15.2 Å². The molecule has 0 spiro atoms. The number of amides is 1. The molecular formula is C13H13N2O3S-. The second kappa shape index (κ2) is 5.85. The lowest BCUT2D eigenvalue weighted by Gasteiger charge is -2.09. The highest BCUT2D eigenvalue weighted by atomic mass is 32.1. The van der Waals surface area contributed by atoms with E-state index >= 15 is 0 Å². The van der Waals surface area contributed by atoms with Gasteiger partial charge in [0.05, 0.1) is 5.56 Å². The third-order valence-corrected chi connectivity index (χ3v) is 4.30. The predicted octanol–water partition coefficient (Wildman–Crippen LogP) is 0.967. The monoisotopic (exact) mass is 277 g/mol. The number of carboxylic acid groups (broad SMARTS) is 1. The third kappa shape index (κ3) is 3.12. The molecule has 0 fully saturated rings. The van der Waals surface area contributed by atoms with Gasteiger partial charge in [-0.05, 0) is 37.7 Å². The lowest BCUT2D eigenvalue weighted by molar-refractivity contribution is -0.305. The first-order chi connectivity index (χ1) is 9.11. The minimum absolute atomic E-state index is 0.129. The molecule has 0 saturated heterocycles. The van der Waals surface area contributed by atoms with Gasteiger partial charge in [0, 0.05) is 17.3 Å². The van der Waals surface area contributed by atoms with Crippen molar-refractivity contribution in [1.29, 1.82) is 5.26 Å². The smallest absolute Gasteiger partial charge is 0.225 e. The Kier molecular flexibility index (Phi) is 4.17. The maximum absolute atomic E-state index is 11.6. The summed E-state index contributed by atoms with van der Waals surface area (Å²) in [5.74, 6) is -1.64. The highest BCUT2D eigenvalue weighted by molar-refractivity contribution is 7.16. The van der Waals surface area contributed by atoms with Gasteiger partial charge in [0.1, 0.15) is 11.1 Å². The molecule has 6 heteroatoms. The Morgan fingerprint density at radius 3 is 2.74 bits per heavy atom. The van der Waals surface area contributed by atoms with Crippen molar-refractivity contribution >= 4 is 28.2 Å². The Balaban J connectivity index is 2.12. The zero-order chi connectivity index (χ0) is 13.8. The van der Waals surface area contributed by atoms with Gasteiger partial charge >= 0.3 is 0 Å². The van der Waals surface area contributed by atoms with Crippen molar-refractivity contribution in [2.75, 3.05) is 5.32 Å². The SMILES string of the molecule is N#Cc1c(NC(=O)CCC(=O)[O-])sc2c1CCCC2. The largest absolute Gasteiger partial charge is 0.550 e. The highest BCUT2D eigenvalue weighted by Crippen LogP contribution is 2.37. The minimum Gasteiger partial charge on any atom is -0.550 e. The Bertz CT molecular complexity index is 557. The quantitative estimate of drug-likeness (QED) is 0.887. The van der Waals surface area contributed by atoms with E-state index in [-0.39, 0.29) is 18.7 Å². The normalized spacial score (nSPS) is 13.4. The molecule has 1 aromatic rings. The fourth-order valence-electron chi connectivity index (χ4n) is 2.18. The molecule has 2 rings (SSSR count). The molecule has 1 aromatic heterocycles. The van der Waals surface area contributed by atoms with Crippen molar-refractivity contribution in [3.05, 3.63) is 16.0 Å². The molecule has 1 aliphatic rings. The van der Waals surface area contributed by atoms with Crippen molar-refractivity contribution in [3.63, 3.8) is 0 Å². The van der Waals surface area contributed by atoms with Gasteiger partial charge in [-0.1, -0.05) is 0 Å². The molecule has 1 heterocycles. The number of carbonyl (C=O) groups is 2. The van der Waals surface area contributed by atoms with Gasteiger partial charge in [0.15, 0.2) is 0 Å². The van der Waals surface area contributed by atoms with Gasteiger partial charge in [-0.15, -0.1) is 11.3 Å². The van der Waals surface area contributed by atoms with Crippen LogP contribution in [0.5, 0.6) is 0 Å². The van der Waals surface area contributed by atoms with Crippen LogP contribution in [0.3, 0.4) is 0 Å². The first-order valence-electron chi connectivity index (χ1n) is 6.16. The van der Waals surface area contributed by atoms with Crippen LogP contribution in [0, 0.1) is 11.3 Å². The second-order valence-electron chi connectivity index (χ2n) is 4.45. The molecule has 1 amide bonds. The Labute approximate surface area is 114 Å². The Hall–Kier alpha value is -1.87. The van der Waals surface area contributed by atoms with E-state index in [4.69, 9.17) is 0 Å². The van der Waals surface area contributed by atoms with Crippen LogP contribution in [-0.2, 0) is 22.4 Å². The maximum atomic E-state index is 11.6. The van der Waals surface area contributed by atoms with Crippen LogP contribution >= 0.6 is 11.3 Å². The average molecular weight is 277 g/mol. The molecule has 19 heavy (non-hydrogen) atoms. The summed E-state index contributed by atoms with van der Waals surface area (Å²) < 4.78 is 0. The summed E-state index contributed by atoms with van der Waals surface area (Å²) >= 11 is 1.43. The summed E-state index contributed by atoms with van der Waals surface area (Å²) in [5, 5.41) is 22.7. The van der Waals surface area contributed by atoms with Crippen LogP contribution in [0.15, 0.2) is 0 Å². The number of carbonyl (C=O) groups excluding carboxylic acids is 2. The average Bonchev–Trinajstić information content (AvgIpc) is 2.73. The van der Waals surface area contributed by atoms with Gasteiger partial charge in [0.2, 0.25) is 5.91 Å². The summed E-state index contributed by atoms with van der Waals surface area (Å²) in [6.45, 7) is 0. The van der Waals surface area contributed by atoms with E-state index in [0.29, 0.717) is 10.6 Å². The molecule has 0 saturated carbocycles. The number of anilines is 1. The molecular weight excluding hydrogens is 264 g/mol. The van der Waals surface area contributed by atoms with Crippen LogP contribution in [0.2, 0.25) is 0 Å². The summed E-state index contributed by atoms with van der Waals surface area (Å²) in [6.07, 6.45) is 3.56. The fourth-order valence-corrected chi connectivity index (χ4v) is 3.43. The van der Waals surface area contributed by atoms with E-state index in [1.807, 2.05) is 0 Å². The van der Waals surface area contributed by atoms with E-state index in [2.05, 4.69) is 11.4 Å². The number of carboxylic acids is 1. The standard InChI is InChI=1S/C13H14N2O3S/c14-7-9-8-3-1-2-4-10(8)19-13(9)15-11(16)5-6-12(17)18/h1-6H2,(H,15,16)(H,17,18)/p-1. The topological polar surface area (TPSA) is 93.0 Å². The Morgan fingerprint density at radius 1 is 1.32 bits per heavy atom. The first-order valence-corrected chi connectivity index (χ1v) is 6.97. The molecule has 100 valence electrons. The van der Waals surface area contributed by atoms with Crippen molar-refractivity contribution < 1.29 is 14.7 Å². The van der Waals surface area contributed by atoms with E-state index in [0.717, 1.165) is 36.1 Å². The predicted molar refractivity (Wildman–Crippen MR) is 68.5 cm³/mol. The molecule has 1 aliphatic carbocycles. The maximum Gasteiger partial charge on any atom is 0.225 e. The molecule has 5 nitrogen and oxygen atoms in total. The van der Waals surface area contributed by atoms with Crippen LogP contribution in [-0.4, -0.2) is 11.9 Å². The van der Waals surface area contributed by atoms with Crippen molar-refractivity contribution in [1.82, 2.24) is 0 Å². The third-order valence-electron chi connectivity index (χ3n) is 3.09. The van der Waals surface area contributed by atoms with Crippen LogP contribution in [0.25, 0.3) is 0 Å². The van der Waals surface area contributed by atoms with Crippen LogP contribution < -0.4 is 10.4 Å². The van der Waals surface area contributed by atoms with Crippen molar-refractivity contribution in [2.45, 2.75) is 38.5 Å². The van der Waals surface area contributed by atoms with Crippen molar-refractivity contribution in [3.8, 4) is 6.07 Å². The number of fused-ring (bicyclic) bond motifs is 1. The van der Waals surface area contributed by atoms with Gasteiger partial charge in [-0.3, -0.25) is 4.79 Å². The highest BCUT2D eigenvalue weighted by Gasteiger charge is 2.21. The number of aliphatic carboxylic acids is 1. The number of nitriles is 1. The van der Waals surface area contributed by atoms with E-state index in [9.17, 15) is 20.0 Å². The molecule has 0 bridgehead atoms. The summed E-state index contributed by atoms with van der Waals surface area (Å²) in [7, 11) is 0. The van der Waals surface area contributed by atoms with Gasteiger partial charge in [0.25, 0.3) is 0 Å². The van der Waals surface area contributed by atoms with Crippen LogP contribution in [0.4, 0.5) is 5.00 Å². The van der Waals surface area contributed by atoms with Gasteiger partial charge in [-0.25, -0.2) is 0 Å². The minimum atomic E-state index is -1.25. The van der Waals surface area contributed by atoms with E-state index in [1.54, 1.807) is 0 Å². The number of nitrogens with zero attached hydrogens (tertiary/aromatic N) is 1. The molecule has 0 aromatic carbocycles. The number of hydrogen-bond donors (Lipinski definition) is 1. The van der Waals surface area contributed by atoms with E-state index in [1.165, 1.54) is 11.3 Å². The molecule has 0 atom stereocenters. The lowest BCUT2D eigenvalue weighted by atomic mass is 9.96. The number of rotatable bonds is 4. The lowest BCUT2D eigenvalue weighted by Crippen LogP contribution is -2.24. The van der Waals surface area contributed by atoms with E-state index < -0.39 is 5.97 Å². The van der Waals surface area contributed by atoms with Crippen molar-refractivity contribution in [2.24, 2.45) is 0 Å². The fraction of sp³-hybridized carbons (Fsp3) is 0.462. The number of hydrogen-bond acceptors (Lipinski definition) is 5. The summed E-state index contributed by atoms with van der Waals surface area (Å²) in [6, 6.07) is 2.14. The number of nitrogens with one attached hydrogen (secondary N) is 1. The first kappa shape index (κ1) is 13.6. The van der Waals surface area contributed by atoms with Gasteiger partial charge in [-0.2, -0.15) is 5.26 Å². The molecule has 0 radical (unpaired) electrons. The summed E-state index contributed by atoms with van der Waals surface area (Å²) in [4.78, 5) is 23.1. The second-order valence-corrected chi connectivity index (χ2v) is 5.55.